The summed E-state index contributed by atoms with van der Waals surface area (Å²) in [6.07, 6.45) is 0. The third kappa shape index (κ3) is 3.51. The summed E-state index contributed by atoms with van der Waals surface area (Å²) >= 11 is 1.47. The van der Waals surface area contributed by atoms with Crippen molar-refractivity contribution in [3.63, 3.8) is 0 Å². The van der Waals surface area contributed by atoms with E-state index in [4.69, 9.17) is 14.7 Å². The minimum absolute atomic E-state index is 0.00821. The third-order valence-electron chi connectivity index (χ3n) is 4.64. The molecule has 9 heteroatoms. The average Bonchev–Trinajstić information content (AvgIpc) is 3.23. The van der Waals surface area contributed by atoms with Gasteiger partial charge in [-0.15, -0.1) is 11.3 Å². The van der Waals surface area contributed by atoms with Gasteiger partial charge in [0.15, 0.2) is 0 Å². The van der Waals surface area contributed by atoms with Crippen molar-refractivity contribution in [2.75, 3.05) is 0 Å². The van der Waals surface area contributed by atoms with Crippen molar-refractivity contribution in [2.45, 2.75) is 17.7 Å². The third-order valence-corrected chi connectivity index (χ3v) is 6.82. The van der Waals surface area contributed by atoms with Gasteiger partial charge in [-0.25, -0.2) is 4.39 Å². The number of rotatable bonds is 4. The van der Waals surface area contributed by atoms with Crippen molar-refractivity contribution in [1.29, 1.82) is 5.26 Å². The number of nitrogens with two attached hydrogens (primary N) is 1. The Morgan fingerprint density at radius 3 is 2.70 bits per heavy atom. The first kappa shape index (κ1) is 19.9. The molecule has 152 valence electrons. The molecule has 0 saturated carbocycles. The van der Waals surface area contributed by atoms with Crippen LogP contribution in [-0.4, -0.2) is 8.42 Å². The lowest BCUT2D eigenvalue weighted by Gasteiger charge is -2.25. The SMILES string of the molecule is Cc1cc(S(=O)(=O)Oc2ccc3c(c2)OC(N)=C(C#N)C3c2cccs2)ccc1F. The predicted octanol–water partition coefficient (Wildman–Crippen LogP) is 4.18. The van der Waals surface area contributed by atoms with Gasteiger partial charge < -0.3 is 14.7 Å². The van der Waals surface area contributed by atoms with E-state index in [-0.39, 0.29) is 27.7 Å². The second kappa shape index (κ2) is 7.48. The zero-order valence-corrected chi connectivity index (χ0v) is 17.3. The van der Waals surface area contributed by atoms with Gasteiger partial charge >= 0.3 is 10.1 Å². The van der Waals surface area contributed by atoms with Crippen molar-refractivity contribution in [3.05, 3.63) is 87.2 Å². The van der Waals surface area contributed by atoms with Crippen LogP contribution in [-0.2, 0) is 10.1 Å². The van der Waals surface area contributed by atoms with Gasteiger partial charge in [0.1, 0.15) is 33.9 Å². The maximum atomic E-state index is 13.5. The lowest BCUT2D eigenvalue weighted by atomic mass is 9.88. The molecule has 2 aromatic carbocycles. The Kier molecular flexibility index (Phi) is 4.97. The summed E-state index contributed by atoms with van der Waals surface area (Å²) in [5, 5.41) is 11.4. The van der Waals surface area contributed by atoms with Crippen LogP contribution in [0.1, 0.15) is 21.9 Å². The normalized spacial score (nSPS) is 15.8. The van der Waals surface area contributed by atoms with Crippen molar-refractivity contribution in [3.8, 4) is 17.6 Å². The number of thiophene rings is 1. The Hall–Kier alpha value is -3.35. The Morgan fingerprint density at radius 1 is 1.23 bits per heavy atom. The van der Waals surface area contributed by atoms with E-state index in [1.165, 1.54) is 36.5 Å². The largest absolute Gasteiger partial charge is 0.440 e. The first-order chi connectivity index (χ1) is 14.3. The van der Waals surface area contributed by atoms with Crippen LogP contribution in [0.15, 0.2) is 70.3 Å². The standard InChI is InChI=1S/C21H15FN2O4S2/c1-12-9-14(5-7-17(12)22)30(25,26)28-13-4-6-15-18(10-13)27-21(24)16(11-23)20(15)19-3-2-8-29-19/h2-10,20H,24H2,1H3. The first-order valence-electron chi connectivity index (χ1n) is 8.76. The van der Waals surface area contributed by atoms with Crippen LogP contribution in [0.2, 0.25) is 0 Å². The van der Waals surface area contributed by atoms with Crippen molar-refractivity contribution in [1.82, 2.24) is 0 Å². The summed E-state index contributed by atoms with van der Waals surface area (Å²) in [5.74, 6) is -0.658. The van der Waals surface area contributed by atoms with E-state index in [9.17, 15) is 18.1 Å². The smallest absolute Gasteiger partial charge is 0.339 e. The molecule has 0 spiro atoms. The molecule has 0 aliphatic carbocycles. The number of hydrogen-bond acceptors (Lipinski definition) is 7. The average molecular weight is 442 g/mol. The van der Waals surface area contributed by atoms with Gasteiger partial charge in [0.25, 0.3) is 0 Å². The molecule has 0 saturated heterocycles. The molecule has 0 fully saturated rings. The molecule has 2 heterocycles. The molecule has 1 aliphatic rings. The van der Waals surface area contributed by atoms with Crippen LogP contribution in [0.4, 0.5) is 4.39 Å². The fourth-order valence-corrected chi connectivity index (χ4v) is 5.04. The Labute approximate surface area is 176 Å². The topological polar surface area (TPSA) is 102 Å². The molecule has 1 aromatic heterocycles. The van der Waals surface area contributed by atoms with Crippen molar-refractivity contribution in [2.24, 2.45) is 5.73 Å². The van der Waals surface area contributed by atoms with Gasteiger partial charge in [-0.3, -0.25) is 0 Å². The highest BCUT2D eigenvalue weighted by molar-refractivity contribution is 7.87. The zero-order chi connectivity index (χ0) is 21.5. The number of benzene rings is 2. The van der Waals surface area contributed by atoms with E-state index in [2.05, 4.69) is 6.07 Å². The Bertz CT molecular complexity index is 1310. The Balaban J connectivity index is 1.71. The molecule has 6 nitrogen and oxygen atoms in total. The van der Waals surface area contributed by atoms with Gasteiger partial charge in [0.2, 0.25) is 5.88 Å². The van der Waals surface area contributed by atoms with Crippen LogP contribution in [0.3, 0.4) is 0 Å². The lowest BCUT2D eigenvalue weighted by Crippen LogP contribution is -2.20. The summed E-state index contributed by atoms with van der Waals surface area (Å²) in [5.41, 5.74) is 7.09. The fraction of sp³-hybridized carbons (Fsp3) is 0.0952. The summed E-state index contributed by atoms with van der Waals surface area (Å²) in [6, 6.07) is 13.8. The van der Waals surface area contributed by atoms with Crippen LogP contribution < -0.4 is 14.7 Å². The van der Waals surface area contributed by atoms with Gasteiger partial charge in [-0.1, -0.05) is 12.1 Å². The molecule has 3 aromatic rings. The van der Waals surface area contributed by atoms with Gasteiger partial charge in [-0.2, -0.15) is 13.7 Å². The second-order valence-electron chi connectivity index (χ2n) is 6.59. The minimum Gasteiger partial charge on any atom is -0.440 e. The number of nitriles is 1. The van der Waals surface area contributed by atoms with Crippen molar-refractivity contribution >= 4 is 21.5 Å². The van der Waals surface area contributed by atoms with E-state index in [0.717, 1.165) is 17.0 Å². The maximum Gasteiger partial charge on any atom is 0.339 e. The molecule has 0 radical (unpaired) electrons. The van der Waals surface area contributed by atoms with Crippen LogP contribution in [0.25, 0.3) is 0 Å². The van der Waals surface area contributed by atoms with E-state index in [1.807, 2.05) is 17.5 Å². The van der Waals surface area contributed by atoms with Crippen LogP contribution in [0, 0.1) is 24.1 Å². The molecular formula is C21H15FN2O4S2. The number of fused-ring (bicyclic) bond motifs is 1. The molecule has 4 rings (SSSR count). The zero-order valence-electron chi connectivity index (χ0n) is 15.6. The Morgan fingerprint density at radius 2 is 2.03 bits per heavy atom. The summed E-state index contributed by atoms with van der Waals surface area (Å²) in [4.78, 5) is 0.741. The van der Waals surface area contributed by atoms with E-state index in [0.29, 0.717) is 11.3 Å². The molecule has 1 atom stereocenters. The quantitative estimate of drug-likeness (QED) is 0.608. The molecule has 0 amide bonds. The molecule has 0 bridgehead atoms. The minimum atomic E-state index is -4.18. The van der Waals surface area contributed by atoms with Crippen molar-refractivity contribution < 1.29 is 21.7 Å². The highest BCUT2D eigenvalue weighted by Crippen LogP contribution is 2.44. The van der Waals surface area contributed by atoms with E-state index >= 15 is 0 Å². The van der Waals surface area contributed by atoms with Gasteiger partial charge in [0, 0.05) is 16.5 Å². The number of aryl methyl sites for hydroxylation is 1. The number of allylic oxidation sites excluding steroid dienone is 1. The molecule has 2 N–H and O–H groups in total. The monoisotopic (exact) mass is 442 g/mol. The number of halogens is 1. The molecule has 30 heavy (non-hydrogen) atoms. The second-order valence-corrected chi connectivity index (χ2v) is 9.11. The molecule has 1 aliphatic heterocycles. The van der Waals surface area contributed by atoms with Crippen LogP contribution in [0.5, 0.6) is 11.5 Å². The van der Waals surface area contributed by atoms with Gasteiger partial charge in [0.05, 0.1) is 5.92 Å². The first-order valence-corrected chi connectivity index (χ1v) is 11.0. The number of hydrogen-bond donors (Lipinski definition) is 1. The van der Waals surface area contributed by atoms with Gasteiger partial charge in [-0.05, 0) is 48.2 Å². The van der Waals surface area contributed by atoms with E-state index in [1.54, 1.807) is 6.07 Å². The molecule has 1 unspecified atom stereocenters. The number of nitrogens with zero attached hydrogens (tertiary/aromatic N) is 1. The molecular weight excluding hydrogens is 427 g/mol. The maximum absolute atomic E-state index is 13.5. The fourth-order valence-electron chi connectivity index (χ4n) is 3.18. The summed E-state index contributed by atoms with van der Waals surface area (Å²) < 4.78 is 49.4. The number of ether oxygens (including phenoxy) is 1. The summed E-state index contributed by atoms with van der Waals surface area (Å²) in [6.45, 7) is 1.47. The predicted molar refractivity (Wildman–Crippen MR) is 109 cm³/mol. The van der Waals surface area contributed by atoms with Crippen LogP contribution >= 0.6 is 11.3 Å². The highest BCUT2D eigenvalue weighted by atomic mass is 32.2. The summed E-state index contributed by atoms with van der Waals surface area (Å²) in [7, 11) is -4.18. The lowest BCUT2D eigenvalue weighted by molar-refractivity contribution is 0.391. The highest BCUT2D eigenvalue weighted by Gasteiger charge is 2.32. The van der Waals surface area contributed by atoms with E-state index < -0.39 is 21.9 Å².